The maximum absolute atomic E-state index is 6.13. The predicted molar refractivity (Wildman–Crippen MR) is 82.5 cm³/mol. The van der Waals surface area contributed by atoms with Gasteiger partial charge in [0.15, 0.2) is 5.96 Å². The SMILES string of the molecule is COCc1ccccc1CN=C(N)N1CCCC(C)C1. The normalized spacial score (nSPS) is 20.2. The molecule has 20 heavy (non-hydrogen) atoms. The fourth-order valence-electron chi connectivity index (χ4n) is 2.67. The van der Waals surface area contributed by atoms with Gasteiger partial charge in [-0.1, -0.05) is 31.2 Å². The first kappa shape index (κ1) is 14.9. The molecule has 1 aromatic rings. The highest BCUT2D eigenvalue weighted by Crippen LogP contribution is 2.16. The van der Waals surface area contributed by atoms with Crippen molar-refractivity contribution in [2.75, 3.05) is 20.2 Å². The van der Waals surface area contributed by atoms with Gasteiger partial charge in [-0.2, -0.15) is 0 Å². The van der Waals surface area contributed by atoms with Crippen LogP contribution in [0.3, 0.4) is 0 Å². The van der Waals surface area contributed by atoms with Gasteiger partial charge in [0.25, 0.3) is 0 Å². The van der Waals surface area contributed by atoms with Crippen molar-refractivity contribution in [2.24, 2.45) is 16.6 Å². The second kappa shape index (κ2) is 7.29. The molecule has 0 radical (unpaired) electrons. The highest BCUT2D eigenvalue weighted by atomic mass is 16.5. The fraction of sp³-hybridized carbons (Fsp3) is 0.562. The van der Waals surface area contributed by atoms with E-state index < -0.39 is 0 Å². The molecule has 0 saturated carbocycles. The van der Waals surface area contributed by atoms with Gasteiger partial charge in [0.1, 0.15) is 0 Å². The Balaban J connectivity index is 2.01. The van der Waals surface area contributed by atoms with Crippen LogP contribution in [0.15, 0.2) is 29.3 Å². The minimum absolute atomic E-state index is 0.617. The second-order valence-electron chi connectivity index (χ2n) is 5.57. The van der Waals surface area contributed by atoms with E-state index in [1.807, 2.05) is 12.1 Å². The van der Waals surface area contributed by atoms with Crippen LogP contribution in [0.5, 0.6) is 0 Å². The summed E-state index contributed by atoms with van der Waals surface area (Å²) in [5.41, 5.74) is 8.49. The average molecular weight is 275 g/mol. The summed E-state index contributed by atoms with van der Waals surface area (Å²) in [6.07, 6.45) is 2.50. The molecular formula is C16H25N3O. The van der Waals surface area contributed by atoms with Crippen LogP contribution in [-0.4, -0.2) is 31.1 Å². The monoisotopic (exact) mass is 275 g/mol. The minimum atomic E-state index is 0.617. The van der Waals surface area contributed by atoms with Gasteiger partial charge in [0.2, 0.25) is 0 Å². The van der Waals surface area contributed by atoms with Crippen molar-refractivity contribution < 1.29 is 4.74 Å². The Morgan fingerprint density at radius 1 is 1.40 bits per heavy atom. The van der Waals surface area contributed by atoms with Crippen molar-refractivity contribution in [1.82, 2.24) is 4.90 Å². The molecule has 1 fully saturated rings. The highest BCUT2D eigenvalue weighted by Gasteiger charge is 2.17. The van der Waals surface area contributed by atoms with E-state index in [-0.39, 0.29) is 0 Å². The van der Waals surface area contributed by atoms with Crippen molar-refractivity contribution in [2.45, 2.75) is 32.9 Å². The second-order valence-corrected chi connectivity index (χ2v) is 5.57. The number of nitrogens with zero attached hydrogens (tertiary/aromatic N) is 2. The quantitative estimate of drug-likeness (QED) is 0.678. The summed E-state index contributed by atoms with van der Waals surface area (Å²) in [5, 5.41) is 0. The Morgan fingerprint density at radius 3 is 2.85 bits per heavy atom. The van der Waals surface area contributed by atoms with Gasteiger partial charge in [0.05, 0.1) is 13.2 Å². The Hall–Kier alpha value is -1.55. The molecule has 1 unspecified atom stereocenters. The lowest BCUT2D eigenvalue weighted by molar-refractivity contribution is 0.184. The van der Waals surface area contributed by atoms with Crippen LogP contribution in [0.1, 0.15) is 30.9 Å². The number of methoxy groups -OCH3 is 1. The molecular weight excluding hydrogens is 250 g/mol. The lowest BCUT2D eigenvalue weighted by atomic mass is 10.0. The summed E-state index contributed by atoms with van der Waals surface area (Å²) in [6.45, 7) is 5.56. The van der Waals surface area contributed by atoms with Gasteiger partial charge in [-0.25, -0.2) is 4.99 Å². The van der Waals surface area contributed by atoms with E-state index in [0.717, 1.165) is 13.1 Å². The molecule has 4 heteroatoms. The molecule has 0 amide bonds. The fourth-order valence-corrected chi connectivity index (χ4v) is 2.67. The van der Waals surface area contributed by atoms with Crippen molar-refractivity contribution in [3.8, 4) is 0 Å². The third kappa shape index (κ3) is 3.97. The maximum Gasteiger partial charge on any atom is 0.191 e. The molecule has 1 heterocycles. The molecule has 2 rings (SSSR count). The van der Waals surface area contributed by atoms with Crippen molar-refractivity contribution in [3.05, 3.63) is 35.4 Å². The number of aliphatic imine (C=N–C) groups is 1. The third-order valence-corrected chi connectivity index (χ3v) is 3.81. The molecule has 0 bridgehead atoms. The van der Waals surface area contributed by atoms with Crippen LogP contribution in [0.4, 0.5) is 0 Å². The van der Waals surface area contributed by atoms with Crippen molar-refractivity contribution in [3.63, 3.8) is 0 Å². The summed E-state index contributed by atoms with van der Waals surface area (Å²) >= 11 is 0. The number of piperidine rings is 1. The van der Waals surface area contributed by atoms with E-state index in [9.17, 15) is 0 Å². The number of nitrogens with two attached hydrogens (primary N) is 1. The first-order valence-electron chi connectivity index (χ1n) is 7.31. The van der Waals surface area contributed by atoms with Crippen LogP contribution >= 0.6 is 0 Å². The number of ether oxygens (including phenoxy) is 1. The number of rotatable bonds is 4. The zero-order valence-corrected chi connectivity index (χ0v) is 12.5. The van der Waals surface area contributed by atoms with Gasteiger partial charge in [0, 0.05) is 20.2 Å². The van der Waals surface area contributed by atoms with Crippen LogP contribution < -0.4 is 5.73 Å². The standard InChI is InChI=1S/C16H25N3O/c1-13-6-5-9-19(11-13)16(17)18-10-14-7-3-4-8-15(14)12-20-2/h3-4,7-8,13H,5-6,9-12H2,1-2H3,(H2,17,18). The number of likely N-dealkylation sites (tertiary alicyclic amines) is 1. The molecule has 1 saturated heterocycles. The first-order chi connectivity index (χ1) is 9.70. The molecule has 1 atom stereocenters. The van der Waals surface area contributed by atoms with Gasteiger partial charge in [-0.3, -0.25) is 0 Å². The molecule has 110 valence electrons. The average Bonchev–Trinajstić information content (AvgIpc) is 2.46. The Morgan fingerprint density at radius 2 is 2.15 bits per heavy atom. The van der Waals surface area contributed by atoms with Crippen LogP contribution in [-0.2, 0) is 17.9 Å². The number of guanidine groups is 1. The molecule has 4 nitrogen and oxygen atoms in total. The lowest BCUT2D eigenvalue weighted by Crippen LogP contribution is -2.43. The summed E-state index contributed by atoms with van der Waals surface area (Å²) < 4.78 is 5.22. The van der Waals surface area contributed by atoms with Crippen LogP contribution in [0.2, 0.25) is 0 Å². The largest absolute Gasteiger partial charge is 0.380 e. The van der Waals surface area contributed by atoms with E-state index in [0.29, 0.717) is 25.0 Å². The molecule has 0 aliphatic carbocycles. The van der Waals surface area contributed by atoms with E-state index in [1.54, 1.807) is 7.11 Å². The summed E-state index contributed by atoms with van der Waals surface area (Å²) in [7, 11) is 1.71. The van der Waals surface area contributed by atoms with Gasteiger partial charge >= 0.3 is 0 Å². The van der Waals surface area contributed by atoms with E-state index in [4.69, 9.17) is 10.5 Å². The zero-order chi connectivity index (χ0) is 14.4. The van der Waals surface area contributed by atoms with Crippen molar-refractivity contribution >= 4 is 5.96 Å². The van der Waals surface area contributed by atoms with E-state index in [2.05, 4.69) is 28.9 Å². The Bertz CT molecular complexity index is 459. The van der Waals surface area contributed by atoms with Crippen LogP contribution in [0.25, 0.3) is 0 Å². The number of hydrogen-bond donors (Lipinski definition) is 1. The Labute approximate surface area is 121 Å². The molecule has 0 aromatic heterocycles. The molecule has 2 N–H and O–H groups in total. The Kier molecular flexibility index (Phi) is 5.41. The molecule has 1 aliphatic rings. The predicted octanol–water partition coefficient (Wildman–Crippen LogP) is 2.38. The maximum atomic E-state index is 6.13. The topological polar surface area (TPSA) is 50.9 Å². The highest BCUT2D eigenvalue weighted by molar-refractivity contribution is 5.78. The van der Waals surface area contributed by atoms with E-state index in [1.165, 1.54) is 24.0 Å². The third-order valence-electron chi connectivity index (χ3n) is 3.81. The molecule has 1 aromatic carbocycles. The van der Waals surface area contributed by atoms with Crippen LogP contribution in [0, 0.1) is 5.92 Å². The smallest absolute Gasteiger partial charge is 0.191 e. The van der Waals surface area contributed by atoms with Gasteiger partial charge < -0.3 is 15.4 Å². The van der Waals surface area contributed by atoms with Gasteiger partial charge in [-0.15, -0.1) is 0 Å². The number of benzene rings is 1. The summed E-state index contributed by atoms with van der Waals surface area (Å²) in [6, 6.07) is 8.22. The first-order valence-corrected chi connectivity index (χ1v) is 7.31. The zero-order valence-electron chi connectivity index (χ0n) is 12.5. The van der Waals surface area contributed by atoms with Crippen molar-refractivity contribution in [1.29, 1.82) is 0 Å². The molecule has 1 aliphatic heterocycles. The summed E-state index contributed by atoms with van der Waals surface area (Å²) in [5.74, 6) is 1.38. The minimum Gasteiger partial charge on any atom is -0.380 e. The molecule has 0 spiro atoms. The van der Waals surface area contributed by atoms with Gasteiger partial charge in [-0.05, 0) is 29.9 Å². The lowest BCUT2D eigenvalue weighted by Gasteiger charge is -2.31. The summed E-state index contributed by atoms with van der Waals surface area (Å²) in [4.78, 5) is 6.76. The number of hydrogen-bond acceptors (Lipinski definition) is 2. The van der Waals surface area contributed by atoms with E-state index >= 15 is 0 Å².